The van der Waals surface area contributed by atoms with Crippen LogP contribution in [0.15, 0.2) is 48.5 Å². The van der Waals surface area contributed by atoms with Gasteiger partial charge in [-0.1, -0.05) is 36.4 Å². The van der Waals surface area contributed by atoms with Crippen LogP contribution in [0.25, 0.3) is 0 Å². The Labute approximate surface area is 191 Å². The summed E-state index contributed by atoms with van der Waals surface area (Å²) >= 11 is 0. The molecule has 1 fully saturated rings. The number of anilines is 1. The molecule has 0 bridgehead atoms. The third kappa shape index (κ3) is 5.09. The van der Waals surface area contributed by atoms with Crippen molar-refractivity contribution in [2.45, 2.75) is 31.3 Å². The van der Waals surface area contributed by atoms with Crippen LogP contribution in [0.5, 0.6) is 5.75 Å². The van der Waals surface area contributed by atoms with Crippen molar-refractivity contribution in [3.63, 3.8) is 0 Å². The van der Waals surface area contributed by atoms with E-state index in [1.165, 1.54) is 11.1 Å². The molecule has 1 amide bonds. The summed E-state index contributed by atoms with van der Waals surface area (Å²) in [7, 11) is 3.52. The van der Waals surface area contributed by atoms with Gasteiger partial charge in [0.25, 0.3) is 0 Å². The minimum atomic E-state index is -0.0377. The lowest BCUT2D eigenvalue weighted by Gasteiger charge is -2.36. The Morgan fingerprint density at radius 3 is 2.67 bits per heavy atom. The third-order valence-corrected chi connectivity index (χ3v) is 6.04. The lowest BCUT2D eigenvalue weighted by molar-refractivity contribution is -0.122. The Balaban J connectivity index is 0.00000160. The normalized spacial score (nSPS) is 23.1. The number of methoxy groups -OCH3 is 1. The SMILES string of the molecule is COc1ccc2c(c1)N(C)C(=O)C(CN[C@H]1CCCN[C@H]1c1ccccc1)C2.Cl.Cl. The predicted octanol–water partition coefficient (Wildman–Crippen LogP) is 3.76. The molecule has 7 heteroatoms. The number of nitrogens with zero attached hydrogens (tertiary/aromatic N) is 1. The third-order valence-electron chi connectivity index (χ3n) is 6.04. The zero-order valence-electron chi connectivity index (χ0n) is 17.5. The fourth-order valence-corrected chi connectivity index (χ4v) is 4.47. The minimum Gasteiger partial charge on any atom is -0.497 e. The first kappa shape index (κ1) is 24.5. The molecule has 2 N–H and O–H groups in total. The number of amides is 1. The second kappa shape index (κ2) is 11.0. The van der Waals surface area contributed by atoms with Crippen LogP contribution in [0, 0.1) is 5.92 Å². The summed E-state index contributed by atoms with van der Waals surface area (Å²) in [5.74, 6) is 0.923. The van der Waals surface area contributed by atoms with Crippen molar-refractivity contribution in [2.75, 3.05) is 32.1 Å². The number of piperidine rings is 1. The fourth-order valence-electron chi connectivity index (χ4n) is 4.47. The molecule has 164 valence electrons. The minimum absolute atomic E-state index is 0. The highest BCUT2D eigenvalue weighted by atomic mass is 35.5. The van der Waals surface area contributed by atoms with Gasteiger partial charge in [-0.3, -0.25) is 4.79 Å². The summed E-state index contributed by atoms with van der Waals surface area (Å²) in [5, 5.41) is 7.36. The van der Waals surface area contributed by atoms with Crippen molar-refractivity contribution in [1.29, 1.82) is 0 Å². The molecule has 2 heterocycles. The van der Waals surface area contributed by atoms with Gasteiger partial charge in [0.1, 0.15) is 5.75 Å². The number of nitrogens with one attached hydrogen (secondary N) is 2. The molecule has 0 radical (unpaired) electrons. The number of ether oxygens (including phenoxy) is 1. The van der Waals surface area contributed by atoms with Crippen molar-refractivity contribution in [1.82, 2.24) is 10.6 Å². The van der Waals surface area contributed by atoms with Crippen molar-refractivity contribution in [2.24, 2.45) is 5.92 Å². The number of fused-ring (bicyclic) bond motifs is 1. The highest BCUT2D eigenvalue weighted by Crippen LogP contribution is 2.33. The number of halogens is 2. The number of hydrogen-bond donors (Lipinski definition) is 2. The summed E-state index contributed by atoms with van der Waals surface area (Å²) in [6.45, 7) is 1.74. The highest BCUT2D eigenvalue weighted by Gasteiger charge is 2.33. The van der Waals surface area contributed by atoms with E-state index >= 15 is 0 Å². The van der Waals surface area contributed by atoms with Crippen LogP contribution in [0.1, 0.15) is 30.0 Å². The van der Waals surface area contributed by atoms with E-state index in [4.69, 9.17) is 4.74 Å². The molecular weight excluding hydrogens is 421 g/mol. The van der Waals surface area contributed by atoms with Gasteiger partial charge in [0.2, 0.25) is 5.91 Å². The lowest BCUT2D eigenvalue weighted by atomic mass is 9.89. The van der Waals surface area contributed by atoms with Gasteiger partial charge in [0, 0.05) is 31.7 Å². The van der Waals surface area contributed by atoms with Crippen LogP contribution < -0.4 is 20.3 Å². The molecule has 1 saturated heterocycles. The van der Waals surface area contributed by atoms with Gasteiger partial charge < -0.3 is 20.3 Å². The standard InChI is InChI=1S/C23H29N3O2.2ClH/c1-26-21-14-19(28-2)11-10-17(21)13-18(23(26)27)15-25-20-9-6-12-24-22(20)16-7-4-3-5-8-16;;/h3-5,7-8,10-11,14,18,20,22,24-25H,6,9,12-13,15H2,1-2H3;2*1H/t18?,20-,22-;;/m0../s1. The summed E-state index contributed by atoms with van der Waals surface area (Å²) in [5.41, 5.74) is 3.47. The van der Waals surface area contributed by atoms with E-state index in [2.05, 4.69) is 47.0 Å². The maximum absolute atomic E-state index is 12.9. The maximum Gasteiger partial charge on any atom is 0.231 e. The van der Waals surface area contributed by atoms with Gasteiger partial charge in [-0.2, -0.15) is 0 Å². The number of hydrogen-bond acceptors (Lipinski definition) is 4. The number of benzene rings is 2. The number of rotatable bonds is 5. The van der Waals surface area contributed by atoms with Crippen LogP contribution in [-0.4, -0.2) is 39.2 Å². The second-order valence-electron chi connectivity index (χ2n) is 7.79. The summed E-state index contributed by atoms with van der Waals surface area (Å²) in [4.78, 5) is 14.7. The zero-order valence-corrected chi connectivity index (χ0v) is 19.1. The molecule has 0 spiro atoms. The van der Waals surface area contributed by atoms with E-state index in [1.54, 1.807) is 12.0 Å². The lowest BCUT2D eigenvalue weighted by Crippen LogP contribution is -2.50. The van der Waals surface area contributed by atoms with Crippen molar-refractivity contribution in [3.8, 4) is 5.75 Å². The quantitative estimate of drug-likeness (QED) is 0.726. The Kier molecular flexibility index (Phi) is 8.98. The van der Waals surface area contributed by atoms with Gasteiger partial charge >= 0.3 is 0 Å². The smallest absolute Gasteiger partial charge is 0.231 e. The Morgan fingerprint density at radius 1 is 1.17 bits per heavy atom. The van der Waals surface area contributed by atoms with E-state index in [-0.39, 0.29) is 36.6 Å². The van der Waals surface area contributed by atoms with E-state index in [1.807, 2.05) is 19.2 Å². The zero-order chi connectivity index (χ0) is 19.5. The first-order valence-electron chi connectivity index (χ1n) is 10.1. The van der Waals surface area contributed by atoms with Crippen molar-refractivity contribution < 1.29 is 9.53 Å². The van der Waals surface area contributed by atoms with E-state index in [0.29, 0.717) is 18.6 Å². The van der Waals surface area contributed by atoms with Crippen LogP contribution in [0.4, 0.5) is 5.69 Å². The average Bonchev–Trinajstić information content (AvgIpc) is 2.76. The van der Waals surface area contributed by atoms with Gasteiger partial charge in [-0.15, -0.1) is 24.8 Å². The van der Waals surface area contributed by atoms with Gasteiger partial charge in [-0.25, -0.2) is 0 Å². The number of carbonyl (C=O) groups excluding carboxylic acids is 1. The monoisotopic (exact) mass is 451 g/mol. The summed E-state index contributed by atoms with van der Waals surface area (Å²) < 4.78 is 5.31. The van der Waals surface area contributed by atoms with E-state index in [0.717, 1.165) is 37.2 Å². The van der Waals surface area contributed by atoms with E-state index in [9.17, 15) is 4.79 Å². The molecule has 30 heavy (non-hydrogen) atoms. The molecule has 2 aromatic rings. The Morgan fingerprint density at radius 2 is 1.93 bits per heavy atom. The number of carbonyl (C=O) groups is 1. The van der Waals surface area contributed by atoms with Gasteiger partial charge in [0.15, 0.2) is 0 Å². The first-order valence-corrected chi connectivity index (χ1v) is 10.1. The molecule has 0 aromatic heterocycles. The first-order chi connectivity index (χ1) is 13.7. The predicted molar refractivity (Wildman–Crippen MR) is 126 cm³/mol. The Bertz CT molecular complexity index is 834. The molecular formula is C23H31Cl2N3O2. The van der Waals surface area contributed by atoms with Crippen molar-refractivity contribution >= 4 is 36.4 Å². The Hall–Kier alpha value is -1.79. The van der Waals surface area contributed by atoms with Gasteiger partial charge in [-0.05, 0) is 43.0 Å². The largest absolute Gasteiger partial charge is 0.497 e. The molecule has 5 nitrogen and oxygen atoms in total. The van der Waals surface area contributed by atoms with Crippen LogP contribution in [0.2, 0.25) is 0 Å². The molecule has 3 atom stereocenters. The fraction of sp³-hybridized carbons (Fsp3) is 0.435. The highest BCUT2D eigenvalue weighted by molar-refractivity contribution is 5.98. The van der Waals surface area contributed by atoms with E-state index < -0.39 is 0 Å². The topological polar surface area (TPSA) is 53.6 Å². The van der Waals surface area contributed by atoms with Crippen LogP contribution in [0.3, 0.4) is 0 Å². The molecule has 4 rings (SSSR count). The van der Waals surface area contributed by atoms with Crippen LogP contribution in [-0.2, 0) is 11.2 Å². The molecule has 0 saturated carbocycles. The summed E-state index contributed by atoms with van der Waals surface area (Å²) in [6, 6.07) is 17.2. The summed E-state index contributed by atoms with van der Waals surface area (Å²) in [6.07, 6.45) is 3.05. The maximum atomic E-state index is 12.9. The molecule has 2 aliphatic rings. The molecule has 1 unspecified atom stereocenters. The van der Waals surface area contributed by atoms with Crippen molar-refractivity contribution in [3.05, 3.63) is 59.7 Å². The van der Waals surface area contributed by atoms with Crippen LogP contribution >= 0.6 is 24.8 Å². The molecule has 0 aliphatic carbocycles. The molecule has 2 aromatic carbocycles. The van der Waals surface area contributed by atoms with Gasteiger partial charge in [0.05, 0.1) is 18.7 Å². The average molecular weight is 452 g/mol. The second-order valence-corrected chi connectivity index (χ2v) is 7.79. The molecule has 2 aliphatic heterocycles.